The number of β-amino-alcohol motifs (C(OH)–C–C–N with tert-alkyl or cyclic N) is 1. The van der Waals surface area contributed by atoms with Crippen LogP contribution in [0.2, 0.25) is 0 Å². The average molecular weight is 375 g/mol. The molecule has 0 saturated carbocycles. The lowest BCUT2D eigenvalue weighted by atomic mass is 9.95. The molecule has 8 heteroatoms. The molecule has 1 aromatic carbocycles. The van der Waals surface area contributed by atoms with Crippen molar-refractivity contribution < 1.29 is 23.9 Å². The Labute approximate surface area is 158 Å². The Morgan fingerprint density at radius 2 is 2.07 bits per heavy atom. The molecule has 1 amide bonds. The number of benzene rings is 1. The number of carbonyl (C=O) groups is 1. The first-order valence-electron chi connectivity index (χ1n) is 8.83. The molecule has 8 nitrogen and oxygen atoms in total. The number of aliphatic hydroxyl groups excluding tert-OH is 1. The van der Waals surface area contributed by atoms with Crippen LogP contribution in [0.1, 0.15) is 42.7 Å². The van der Waals surface area contributed by atoms with Crippen LogP contribution in [0.25, 0.3) is 0 Å². The minimum atomic E-state index is -0.774. The Morgan fingerprint density at radius 3 is 2.70 bits per heavy atom. The smallest absolute Gasteiger partial charge is 0.240 e. The molecule has 2 N–H and O–H groups in total. The molecule has 0 bridgehead atoms. The van der Waals surface area contributed by atoms with Crippen molar-refractivity contribution in [2.24, 2.45) is 0 Å². The van der Waals surface area contributed by atoms with E-state index >= 15 is 0 Å². The molecule has 2 aromatic rings. The Bertz CT molecular complexity index is 818. The second kappa shape index (κ2) is 7.98. The summed E-state index contributed by atoms with van der Waals surface area (Å²) in [6, 6.07) is 5.30. The first-order valence-corrected chi connectivity index (χ1v) is 8.83. The van der Waals surface area contributed by atoms with E-state index in [0.29, 0.717) is 36.0 Å². The fraction of sp³-hybridized carbons (Fsp3) is 0.474. The van der Waals surface area contributed by atoms with Crippen LogP contribution in [0.4, 0.5) is 5.88 Å². The zero-order valence-electron chi connectivity index (χ0n) is 16.0. The Morgan fingerprint density at radius 1 is 1.37 bits per heavy atom. The molecule has 146 valence electrons. The zero-order chi connectivity index (χ0) is 19.6. The molecule has 3 rings (SSSR count). The van der Waals surface area contributed by atoms with Gasteiger partial charge in [-0.05, 0) is 18.1 Å². The van der Waals surface area contributed by atoms with E-state index in [2.05, 4.69) is 10.5 Å². The van der Waals surface area contributed by atoms with Gasteiger partial charge in [-0.15, -0.1) is 0 Å². The van der Waals surface area contributed by atoms with Gasteiger partial charge in [0.1, 0.15) is 11.5 Å². The molecular weight excluding hydrogens is 350 g/mol. The van der Waals surface area contributed by atoms with Gasteiger partial charge in [0.2, 0.25) is 11.8 Å². The average Bonchev–Trinajstić information content (AvgIpc) is 3.09. The third-order valence-electron chi connectivity index (χ3n) is 4.61. The molecule has 1 atom stereocenters. The molecule has 1 aliphatic heterocycles. The lowest BCUT2D eigenvalue weighted by Gasteiger charge is -2.33. The van der Waals surface area contributed by atoms with E-state index in [1.54, 1.807) is 32.4 Å². The van der Waals surface area contributed by atoms with Crippen molar-refractivity contribution >= 4 is 11.8 Å². The summed E-state index contributed by atoms with van der Waals surface area (Å²) < 4.78 is 15.9. The van der Waals surface area contributed by atoms with Gasteiger partial charge in [0.25, 0.3) is 0 Å². The number of rotatable bonds is 6. The quantitative estimate of drug-likeness (QED) is 0.799. The van der Waals surface area contributed by atoms with E-state index in [0.717, 1.165) is 11.3 Å². The Hall–Kier alpha value is -2.58. The lowest BCUT2D eigenvalue weighted by Crippen LogP contribution is -2.39. The van der Waals surface area contributed by atoms with E-state index < -0.39 is 6.10 Å². The standard InChI is InChI=1S/C19H25N3O5/c1-11(2)13-7-18(27-21-13)20-17(24)10-22-8-12-15(25-3)5-6-16(26-4)19(12)14(23)9-22/h5-7,11,14,23H,8-10H2,1-4H3,(H,20,24). The highest BCUT2D eigenvalue weighted by atomic mass is 16.5. The maximum atomic E-state index is 12.4. The number of aliphatic hydroxyl groups is 1. The van der Waals surface area contributed by atoms with Crippen LogP contribution in [-0.2, 0) is 11.3 Å². The van der Waals surface area contributed by atoms with E-state index in [1.165, 1.54) is 0 Å². The van der Waals surface area contributed by atoms with Crippen LogP contribution >= 0.6 is 0 Å². The van der Waals surface area contributed by atoms with Gasteiger partial charge in [-0.2, -0.15) is 0 Å². The van der Waals surface area contributed by atoms with Gasteiger partial charge in [-0.3, -0.25) is 15.0 Å². The van der Waals surface area contributed by atoms with Crippen molar-refractivity contribution in [1.29, 1.82) is 0 Å². The molecule has 1 aliphatic rings. The van der Waals surface area contributed by atoms with Crippen molar-refractivity contribution in [2.45, 2.75) is 32.4 Å². The van der Waals surface area contributed by atoms with Crippen molar-refractivity contribution in [2.75, 3.05) is 32.6 Å². The number of nitrogens with zero attached hydrogens (tertiary/aromatic N) is 2. The molecule has 1 aromatic heterocycles. The van der Waals surface area contributed by atoms with Gasteiger partial charge < -0.3 is 19.1 Å². The first kappa shape index (κ1) is 19.2. The highest BCUT2D eigenvalue weighted by Gasteiger charge is 2.30. The second-order valence-electron chi connectivity index (χ2n) is 6.87. The number of nitrogens with one attached hydrogen (secondary N) is 1. The maximum Gasteiger partial charge on any atom is 0.240 e. The maximum absolute atomic E-state index is 12.4. The molecule has 0 aliphatic carbocycles. The van der Waals surface area contributed by atoms with Crippen molar-refractivity contribution in [3.8, 4) is 11.5 Å². The summed E-state index contributed by atoms with van der Waals surface area (Å²) in [5, 5.41) is 17.2. The van der Waals surface area contributed by atoms with E-state index in [-0.39, 0.29) is 18.4 Å². The van der Waals surface area contributed by atoms with Crippen LogP contribution in [0, 0.1) is 0 Å². The fourth-order valence-electron chi connectivity index (χ4n) is 3.27. The van der Waals surface area contributed by atoms with Gasteiger partial charge in [0, 0.05) is 30.3 Å². The number of amides is 1. The third-order valence-corrected chi connectivity index (χ3v) is 4.61. The first-order chi connectivity index (χ1) is 12.9. The fourth-order valence-corrected chi connectivity index (χ4v) is 3.27. The molecule has 2 heterocycles. The number of methoxy groups -OCH3 is 2. The number of hydrogen-bond donors (Lipinski definition) is 2. The SMILES string of the molecule is COc1ccc(OC)c2c1CN(CC(=O)Nc1cc(C(C)C)no1)CC2O. The lowest BCUT2D eigenvalue weighted by molar-refractivity contribution is -0.118. The summed E-state index contributed by atoms with van der Waals surface area (Å²) in [6.45, 7) is 4.88. The number of fused-ring (bicyclic) bond motifs is 1. The van der Waals surface area contributed by atoms with Crippen LogP contribution in [0.3, 0.4) is 0 Å². The van der Waals surface area contributed by atoms with E-state index in [9.17, 15) is 9.90 Å². The predicted octanol–water partition coefficient (Wildman–Crippen LogP) is 2.30. The summed E-state index contributed by atoms with van der Waals surface area (Å²) in [5.41, 5.74) is 2.32. The molecule has 0 radical (unpaired) electrons. The number of aromatic nitrogens is 1. The van der Waals surface area contributed by atoms with Gasteiger partial charge in [-0.25, -0.2) is 0 Å². The summed E-state index contributed by atoms with van der Waals surface area (Å²) in [5.74, 6) is 1.58. The predicted molar refractivity (Wildman–Crippen MR) is 99.0 cm³/mol. The number of carbonyl (C=O) groups excluding carboxylic acids is 1. The molecule has 27 heavy (non-hydrogen) atoms. The summed E-state index contributed by atoms with van der Waals surface area (Å²) in [6.07, 6.45) is -0.774. The Kier molecular flexibility index (Phi) is 5.67. The molecule has 0 fully saturated rings. The van der Waals surface area contributed by atoms with E-state index in [1.807, 2.05) is 18.7 Å². The monoisotopic (exact) mass is 375 g/mol. The van der Waals surface area contributed by atoms with E-state index in [4.69, 9.17) is 14.0 Å². The number of hydrogen-bond acceptors (Lipinski definition) is 7. The van der Waals surface area contributed by atoms with Crippen molar-refractivity contribution in [3.63, 3.8) is 0 Å². The molecular formula is C19H25N3O5. The van der Waals surface area contributed by atoms with Crippen molar-refractivity contribution in [1.82, 2.24) is 10.1 Å². The second-order valence-corrected chi connectivity index (χ2v) is 6.87. The highest BCUT2D eigenvalue weighted by molar-refractivity contribution is 5.91. The number of ether oxygens (including phenoxy) is 2. The van der Waals surface area contributed by atoms with Gasteiger partial charge >= 0.3 is 0 Å². The highest BCUT2D eigenvalue weighted by Crippen LogP contribution is 2.39. The Balaban J connectivity index is 1.71. The molecule has 0 saturated heterocycles. The van der Waals surface area contributed by atoms with Gasteiger partial charge in [0.05, 0.1) is 32.6 Å². The van der Waals surface area contributed by atoms with Crippen LogP contribution in [0.5, 0.6) is 11.5 Å². The zero-order valence-corrected chi connectivity index (χ0v) is 16.0. The summed E-state index contributed by atoms with van der Waals surface area (Å²) in [4.78, 5) is 14.2. The van der Waals surface area contributed by atoms with Crippen LogP contribution in [-0.4, -0.2) is 48.4 Å². The summed E-state index contributed by atoms with van der Waals surface area (Å²) >= 11 is 0. The normalized spacial score (nSPS) is 16.9. The van der Waals surface area contributed by atoms with Crippen LogP contribution < -0.4 is 14.8 Å². The minimum Gasteiger partial charge on any atom is -0.496 e. The van der Waals surface area contributed by atoms with Gasteiger partial charge in [0.15, 0.2) is 0 Å². The molecule has 1 unspecified atom stereocenters. The van der Waals surface area contributed by atoms with Gasteiger partial charge in [-0.1, -0.05) is 19.0 Å². The third kappa shape index (κ3) is 4.06. The van der Waals surface area contributed by atoms with Crippen molar-refractivity contribution in [3.05, 3.63) is 35.0 Å². The largest absolute Gasteiger partial charge is 0.496 e. The number of anilines is 1. The topological polar surface area (TPSA) is 97.1 Å². The summed E-state index contributed by atoms with van der Waals surface area (Å²) in [7, 11) is 3.15. The molecule has 0 spiro atoms. The van der Waals surface area contributed by atoms with Crippen LogP contribution in [0.15, 0.2) is 22.7 Å². The minimum absolute atomic E-state index is 0.106.